The van der Waals surface area contributed by atoms with E-state index in [4.69, 9.17) is 11.2 Å². The number of aliphatic hydroxyl groups is 1. The summed E-state index contributed by atoms with van der Waals surface area (Å²) in [5.41, 5.74) is 1.90. The molecule has 0 amide bonds. The van der Waals surface area contributed by atoms with Crippen molar-refractivity contribution >= 4 is 0 Å². The van der Waals surface area contributed by atoms with Gasteiger partial charge in [-0.05, 0) is 60.3 Å². The number of rotatable bonds is 1. The van der Waals surface area contributed by atoms with Gasteiger partial charge in [0.2, 0.25) is 0 Å². The quantitative estimate of drug-likeness (QED) is 0.783. The first-order valence-corrected chi connectivity index (χ1v) is 6.87. The first kappa shape index (κ1) is 12.6. The van der Waals surface area contributed by atoms with Crippen LogP contribution in [-0.2, 0) is 6.42 Å². The lowest BCUT2D eigenvalue weighted by atomic mass is 9.67. The number of hydrogen-bond acceptors (Lipinski definition) is 2. The topological polar surface area (TPSA) is 29.5 Å². The molecule has 1 fully saturated rings. The van der Waals surface area contributed by atoms with E-state index in [1.165, 1.54) is 11.1 Å². The molecule has 0 radical (unpaired) electrons. The largest absolute Gasteiger partial charge is 0.497 e. The fourth-order valence-electron chi connectivity index (χ4n) is 3.99. The van der Waals surface area contributed by atoms with Crippen LogP contribution in [0, 0.1) is 17.8 Å². The molecule has 3 rings (SSSR count). The zero-order valence-corrected chi connectivity index (χ0v) is 11.6. The van der Waals surface area contributed by atoms with E-state index in [0.29, 0.717) is 18.8 Å². The molecule has 2 nitrogen and oxygen atoms in total. The number of benzene rings is 1. The fourth-order valence-corrected chi connectivity index (χ4v) is 3.99. The Labute approximate surface area is 114 Å². The molecule has 0 heterocycles. The minimum atomic E-state index is -0.930. The predicted molar refractivity (Wildman–Crippen MR) is 75.2 cm³/mol. The normalized spacial score (nSPS) is 36.2. The maximum Gasteiger partial charge on any atom is 0.126 e. The van der Waals surface area contributed by atoms with Gasteiger partial charge in [0.1, 0.15) is 11.4 Å². The van der Waals surface area contributed by atoms with Crippen LogP contribution in [0.15, 0.2) is 18.2 Å². The summed E-state index contributed by atoms with van der Waals surface area (Å²) in [4.78, 5) is 0. The molecule has 2 heteroatoms. The van der Waals surface area contributed by atoms with Crippen LogP contribution in [0.2, 0.25) is 0 Å². The van der Waals surface area contributed by atoms with Crippen molar-refractivity contribution in [3.05, 3.63) is 29.3 Å². The Morgan fingerprint density at radius 3 is 2.95 bits per heavy atom. The molecule has 1 saturated carbocycles. The Morgan fingerprint density at radius 1 is 1.47 bits per heavy atom. The van der Waals surface area contributed by atoms with Crippen molar-refractivity contribution in [3.8, 4) is 18.1 Å². The monoisotopic (exact) mass is 256 g/mol. The van der Waals surface area contributed by atoms with Gasteiger partial charge in [0, 0.05) is 0 Å². The molecule has 0 aliphatic heterocycles. The van der Waals surface area contributed by atoms with Crippen LogP contribution >= 0.6 is 0 Å². The summed E-state index contributed by atoms with van der Waals surface area (Å²) < 4.78 is 5.30. The van der Waals surface area contributed by atoms with Crippen LogP contribution < -0.4 is 4.74 Å². The number of ether oxygens (including phenoxy) is 1. The lowest BCUT2D eigenvalue weighted by molar-refractivity contribution is 0.0932. The van der Waals surface area contributed by atoms with Crippen LogP contribution in [0.5, 0.6) is 5.75 Å². The summed E-state index contributed by atoms with van der Waals surface area (Å²) in [7, 11) is 1.70. The van der Waals surface area contributed by atoms with Crippen molar-refractivity contribution in [1.29, 1.82) is 0 Å². The van der Waals surface area contributed by atoms with E-state index in [9.17, 15) is 5.11 Å². The summed E-state index contributed by atoms with van der Waals surface area (Å²) in [6.45, 7) is 2.26. The third-order valence-corrected chi connectivity index (χ3v) is 5.04. The van der Waals surface area contributed by atoms with Gasteiger partial charge in [-0.15, -0.1) is 6.42 Å². The second kappa shape index (κ2) is 4.02. The van der Waals surface area contributed by atoms with E-state index in [2.05, 4.69) is 25.0 Å². The Hall–Kier alpha value is -1.46. The van der Waals surface area contributed by atoms with Crippen molar-refractivity contribution in [3.63, 3.8) is 0 Å². The molecule has 1 aromatic rings. The van der Waals surface area contributed by atoms with Gasteiger partial charge in [0.15, 0.2) is 0 Å². The molecule has 0 bridgehead atoms. The molecular formula is C17H20O2. The number of hydrogen-bond donors (Lipinski definition) is 1. The highest BCUT2D eigenvalue weighted by Gasteiger charge is 2.52. The molecule has 1 N–H and O–H groups in total. The molecule has 3 atom stereocenters. The fraction of sp³-hybridized carbons (Fsp3) is 0.529. The van der Waals surface area contributed by atoms with Crippen LogP contribution in [-0.4, -0.2) is 17.8 Å². The van der Waals surface area contributed by atoms with Gasteiger partial charge in [-0.25, -0.2) is 0 Å². The van der Waals surface area contributed by atoms with E-state index in [1.807, 2.05) is 6.07 Å². The molecule has 1 aromatic carbocycles. The summed E-state index contributed by atoms with van der Waals surface area (Å²) in [5, 5.41) is 10.5. The Bertz CT molecular complexity index is 557. The van der Waals surface area contributed by atoms with Crippen LogP contribution in [0.25, 0.3) is 0 Å². The lowest BCUT2D eigenvalue weighted by Gasteiger charge is -2.37. The molecule has 0 saturated heterocycles. The zero-order chi connectivity index (χ0) is 13.7. The first-order chi connectivity index (χ1) is 9.00. The van der Waals surface area contributed by atoms with Gasteiger partial charge >= 0.3 is 0 Å². The van der Waals surface area contributed by atoms with E-state index in [0.717, 1.165) is 18.6 Å². The number of methoxy groups -OCH3 is 1. The lowest BCUT2D eigenvalue weighted by Crippen LogP contribution is -2.27. The molecule has 0 spiro atoms. The van der Waals surface area contributed by atoms with Gasteiger partial charge in [0.05, 0.1) is 7.11 Å². The average molecular weight is 256 g/mol. The number of fused-ring (bicyclic) bond motifs is 3. The van der Waals surface area contributed by atoms with Crippen molar-refractivity contribution in [2.45, 2.75) is 44.1 Å². The van der Waals surface area contributed by atoms with E-state index in [-0.39, 0.29) is 5.41 Å². The zero-order valence-electron chi connectivity index (χ0n) is 11.6. The van der Waals surface area contributed by atoms with Crippen LogP contribution in [0.4, 0.5) is 0 Å². The van der Waals surface area contributed by atoms with Gasteiger partial charge in [-0.2, -0.15) is 0 Å². The van der Waals surface area contributed by atoms with Crippen molar-refractivity contribution in [1.82, 2.24) is 0 Å². The Balaban J connectivity index is 2.04. The summed E-state index contributed by atoms with van der Waals surface area (Å²) >= 11 is 0. The Morgan fingerprint density at radius 2 is 2.26 bits per heavy atom. The summed E-state index contributed by atoms with van der Waals surface area (Å²) in [6.07, 6.45) is 9.05. The molecular weight excluding hydrogens is 236 g/mol. The Kier molecular flexibility index (Phi) is 2.66. The van der Waals surface area contributed by atoms with Gasteiger partial charge in [-0.3, -0.25) is 0 Å². The highest BCUT2D eigenvalue weighted by Crippen LogP contribution is 2.58. The van der Waals surface area contributed by atoms with E-state index in [1.54, 1.807) is 7.11 Å². The van der Waals surface area contributed by atoms with E-state index < -0.39 is 5.60 Å². The summed E-state index contributed by atoms with van der Waals surface area (Å²) in [5.74, 6) is 3.88. The van der Waals surface area contributed by atoms with Crippen molar-refractivity contribution in [2.24, 2.45) is 5.41 Å². The van der Waals surface area contributed by atoms with Crippen molar-refractivity contribution < 1.29 is 9.84 Å². The second-order valence-electron chi connectivity index (χ2n) is 6.33. The van der Waals surface area contributed by atoms with E-state index >= 15 is 0 Å². The van der Waals surface area contributed by atoms with Crippen molar-refractivity contribution in [2.75, 3.05) is 7.11 Å². The maximum atomic E-state index is 10.5. The van der Waals surface area contributed by atoms with Crippen LogP contribution in [0.1, 0.15) is 43.2 Å². The van der Waals surface area contributed by atoms with Gasteiger partial charge in [0.25, 0.3) is 0 Å². The predicted octanol–water partition coefficient (Wildman–Crippen LogP) is 2.89. The molecule has 100 valence electrons. The van der Waals surface area contributed by atoms with Crippen LogP contribution in [0.3, 0.4) is 0 Å². The molecule has 2 aliphatic carbocycles. The number of terminal acetylenes is 1. The van der Waals surface area contributed by atoms with Gasteiger partial charge in [-0.1, -0.05) is 18.9 Å². The SMILES string of the molecule is C#C[C@@]1(O)C[C@H]2c3ccc(OC)cc3CC[C@]2(C)C1. The highest BCUT2D eigenvalue weighted by atomic mass is 16.5. The maximum absolute atomic E-state index is 10.5. The molecule has 0 unspecified atom stereocenters. The number of aryl methyl sites for hydroxylation is 1. The summed E-state index contributed by atoms with van der Waals surface area (Å²) in [6, 6.07) is 6.29. The molecule has 2 aliphatic rings. The molecule has 19 heavy (non-hydrogen) atoms. The first-order valence-electron chi connectivity index (χ1n) is 6.87. The molecule has 0 aromatic heterocycles. The third-order valence-electron chi connectivity index (χ3n) is 5.04. The third kappa shape index (κ3) is 1.84. The van der Waals surface area contributed by atoms with Gasteiger partial charge < -0.3 is 9.84 Å². The second-order valence-corrected chi connectivity index (χ2v) is 6.33. The smallest absolute Gasteiger partial charge is 0.126 e. The standard InChI is InChI=1S/C17H20O2/c1-4-17(18)10-15-14-6-5-13(19-3)9-12(14)7-8-16(15,2)11-17/h1,5-6,9,15,18H,7-8,10-11H2,2-3H3/t15-,16+,17+/m0/s1. The minimum Gasteiger partial charge on any atom is -0.497 e. The minimum absolute atomic E-state index is 0.128. The average Bonchev–Trinajstić information content (AvgIpc) is 2.70. The highest BCUT2D eigenvalue weighted by molar-refractivity contribution is 5.43.